The first kappa shape index (κ1) is 57.5. The molecule has 0 saturated carbocycles. The van der Waals surface area contributed by atoms with Crippen molar-refractivity contribution in [1.29, 1.82) is 0 Å². The fourth-order valence-corrected chi connectivity index (χ4v) is 12.8. The third kappa shape index (κ3) is 14.7. The molecular weight excluding hydrogens is 889 g/mol. The van der Waals surface area contributed by atoms with Gasteiger partial charge in [0.25, 0.3) is 0 Å². The Labute approximate surface area is 417 Å². The van der Waals surface area contributed by atoms with Crippen LogP contribution in [0.25, 0.3) is 62.6 Å². The van der Waals surface area contributed by atoms with Crippen molar-refractivity contribution >= 4 is 68.0 Å². The van der Waals surface area contributed by atoms with Crippen LogP contribution in [0, 0.1) is 13.8 Å². The zero-order chi connectivity index (χ0) is 48.5. The molecule has 352 valence electrons. The van der Waals surface area contributed by atoms with Gasteiger partial charge in [-0.05, 0) is 110 Å². The van der Waals surface area contributed by atoms with Crippen molar-refractivity contribution in [2.24, 2.45) is 0 Å². The maximum atomic E-state index is 2.42. The summed E-state index contributed by atoms with van der Waals surface area (Å²) in [5, 5.41) is 0. The van der Waals surface area contributed by atoms with Gasteiger partial charge < -0.3 is 0 Å². The minimum Gasteiger partial charge on any atom is -0.141 e. The van der Waals surface area contributed by atoms with E-state index in [1.807, 2.05) is 95.7 Å². The molecule has 0 amide bonds. The van der Waals surface area contributed by atoms with Crippen LogP contribution in [0.1, 0.15) is 186 Å². The van der Waals surface area contributed by atoms with Crippen LogP contribution in [0.3, 0.4) is 0 Å². The second-order valence-electron chi connectivity index (χ2n) is 18.0. The molecule has 0 aliphatic carbocycles. The van der Waals surface area contributed by atoms with Crippen molar-refractivity contribution in [2.75, 3.05) is 0 Å². The number of thiophene rings is 6. The molecule has 0 saturated heterocycles. The van der Waals surface area contributed by atoms with E-state index in [0.717, 1.165) is 6.42 Å². The van der Waals surface area contributed by atoms with E-state index in [9.17, 15) is 0 Å². The molecular formula is C58H84S6. The quantitative estimate of drug-likeness (QED) is 0.142. The van der Waals surface area contributed by atoms with Gasteiger partial charge >= 0.3 is 0 Å². The van der Waals surface area contributed by atoms with E-state index in [1.54, 1.807) is 0 Å². The molecule has 7 rings (SSSR count). The number of hydrogen-bond acceptors (Lipinski definition) is 6. The Balaban J connectivity index is 0.000000978. The van der Waals surface area contributed by atoms with Crippen LogP contribution in [-0.4, -0.2) is 0 Å². The Morgan fingerprint density at radius 2 is 0.656 bits per heavy atom. The minimum atomic E-state index is 0.0645. The average Bonchev–Trinajstić information content (AvgIpc) is 4.10. The topological polar surface area (TPSA) is 0 Å². The van der Waals surface area contributed by atoms with Crippen LogP contribution in [0.4, 0.5) is 0 Å². The van der Waals surface area contributed by atoms with E-state index in [4.69, 9.17) is 0 Å². The van der Waals surface area contributed by atoms with Crippen LogP contribution in [0.15, 0.2) is 72.8 Å². The molecule has 6 aromatic heterocycles. The standard InChI is InChI=1S/C45H48S6.3C3H8.2C2H6/c1-12-28-15-18-32(48-28)40-38(30-16-13-26(4)46-30)42(34-21-23-36(50-34)44(6,7)8)43(35-22-24-37(51-35)45(9,10)11)39(31-17-14-27(5)47-31)41(40)33-20-19-29(49-33)25(2)3;3*1-3-2;2*1-2/h13-25H,12H2,1-11H3;3*3H2,1-2H3;2*1-2H3. The van der Waals surface area contributed by atoms with Gasteiger partial charge in [-0.2, -0.15) is 0 Å². The summed E-state index contributed by atoms with van der Waals surface area (Å²) in [5.74, 6) is 0.472. The summed E-state index contributed by atoms with van der Waals surface area (Å²) in [6, 6.07) is 28.6. The predicted molar refractivity (Wildman–Crippen MR) is 307 cm³/mol. The van der Waals surface area contributed by atoms with Crippen LogP contribution in [-0.2, 0) is 17.3 Å². The molecule has 0 aliphatic heterocycles. The first-order valence-corrected chi connectivity index (χ1v) is 29.1. The zero-order valence-electron chi connectivity index (χ0n) is 43.8. The minimum absolute atomic E-state index is 0.0645. The zero-order valence-corrected chi connectivity index (χ0v) is 48.7. The molecule has 0 radical (unpaired) electrons. The molecule has 0 nitrogen and oxygen atoms in total. The van der Waals surface area contributed by atoms with Gasteiger partial charge in [-0.3, -0.25) is 0 Å². The molecule has 6 heterocycles. The van der Waals surface area contributed by atoms with E-state index >= 15 is 0 Å². The Morgan fingerprint density at radius 3 is 0.906 bits per heavy atom. The summed E-state index contributed by atoms with van der Waals surface area (Å²) in [4.78, 5) is 16.5. The third-order valence-electron chi connectivity index (χ3n) is 9.36. The van der Waals surface area contributed by atoms with Gasteiger partial charge in [0.15, 0.2) is 0 Å². The van der Waals surface area contributed by atoms with Crippen LogP contribution in [0.5, 0.6) is 0 Å². The third-order valence-corrected chi connectivity index (χ3v) is 17.1. The average molecular weight is 974 g/mol. The largest absolute Gasteiger partial charge is 0.141 e. The number of aryl methyl sites for hydroxylation is 3. The highest BCUT2D eigenvalue weighted by atomic mass is 32.1. The molecule has 6 heteroatoms. The molecule has 0 N–H and O–H groups in total. The van der Waals surface area contributed by atoms with Gasteiger partial charge in [-0.1, -0.05) is 151 Å². The SMILES string of the molecule is CC.CC.CCC.CCC.CCC.CCc1ccc(-c2c(-c3ccc(C)s3)c(-c3ccc(C(C)(C)C)s3)c(-c3ccc(C(C)(C)C)s3)c(-c3ccc(C)s3)c2-c2ccc(C(C)C)s2)s1. The van der Waals surface area contributed by atoms with Crippen molar-refractivity contribution in [2.45, 2.75) is 188 Å². The van der Waals surface area contributed by atoms with Gasteiger partial charge in [0.05, 0.1) is 0 Å². The van der Waals surface area contributed by atoms with Gasteiger partial charge in [-0.25, -0.2) is 0 Å². The molecule has 0 bridgehead atoms. The molecule has 64 heavy (non-hydrogen) atoms. The normalized spacial score (nSPS) is 11.0. The van der Waals surface area contributed by atoms with Crippen molar-refractivity contribution < 1.29 is 0 Å². The first-order chi connectivity index (χ1) is 30.4. The Hall–Kier alpha value is -2.58. The maximum Gasteiger partial charge on any atom is 0.0359 e. The molecule has 0 fully saturated rings. The van der Waals surface area contributed by atoms with Crippen LogP contribution < -0.4 is 0 Å². The van der Waals surface area contributed by atoms with Crippen molar-refractivity contribution in [3.05, 3.63) is 102 Å². The molecule has 7 aromatic rings. The Bertz CT molecular complexity index is 2370. The highest BCUT2D eigenvalue weighted by Crippen LogP contribution is 2.60. The Morgan fingerprint density at radius 1 is 0.375 bits per heavy atom. The van der Waals surface area contributed by atoms with Crippen molar-refractivity contribution in [1.82, 2.24) is 0 Å². The first-order valence-electron chi connectivity index (χ1n) is 24.2. The van der Waals surface area contributed by atoms with Gasteiger partial charge in [0.1, 0.15) is 0 Å². The predicted octanol–water partition coefficient (Wildman–Crippen LogP) is 23.3. The molecule has 1 aromatic carbocycles. The summed E-state index contributed by atoms with van der Waals surface area (Å²) in [6.45, 7) is 46.3. The molecule has 0 aliphatic rings. The fourth-order valence-electron chi connectivity index (χ4n) is 6.62. The lowest BCUT2D eigenvalue weighted by Crippen LogP contribution is -2.07. The van der Waals surface area contributed by atoms with E-state index in [0.29, 0.717) is 5.92 Å². The highest BCUT2D eigenvalue weighted by molar-refractivity contribution is 7.19. The second kappa shape index (κ2) is 27.3. The monoisotopic (exact) mass is 972 g/mol. The van der Waals surface area contributed by atoms with E-state index in [-0.39, 0.29) is 10.8 Å². The number of hydrogen-bond donors (Lipinski definition) is 0. The molecule has 0 spiro atoms. The summed E-state index contributed by atoms with van der Waals surface area (Å²) in [5.41, 5.74) is 8.43. The maximum absolute atomic E-state index is 2.42. The van der Waals surface area contributed by atoms with E-state index < -0.39 is 0 Å². The lowest BCUT2D eigenvalue weighted by atomic mass is 9.82. The lowest BCUT2D eigenvalue weighted by molar-refractivity contribution is 0.603. The summed E-state index contributed by atoms with van der Waals surface area (Å²) < 4.78 is 0. The number of rotatable bonds is 8. The lowest BCUT2D eigenvalue weighted by Gasteiger charge is -2.25. The molecule has 0 atom stereocenters. The summed E-state index contributed by atoms with van der Waals surface area (Å²) >= 11 is 11.8. The van der Waals surface area contributed by atoms with Crippen LogP contribution in [0.2, 0.25) is 0 Å². The van der Waals surface area contributed by atoms with Crippen molar-refractivity contribution in [3.63, 3.8) is 0 Å². The second-order valence-corrected chi connectivity index (χ2v) is 25.0. The summed E-state index contributed by atoms with van der Waals surface area (Å²) in [6.07, 6.45) is 4.79. The number of benzene rings is 1. The van der Waals surface area contributed by atoms with Crippen molar-refractivity contribution in [3.8, 4) is 62.6 Å². The van der Waals surface area contributed by atoms with Gasteiger partial charge in [0, 0.05) is 91.9 Å². The van der Waals surface area contributed by atoms with Gasteiger partial charge in [0.2, 0.25) is 0 Å². The van der Waals surface area contributed by atoms with Gasteiger partial charge in [-0.15, -0.1) is 68.0 Å². The molecule has 0 unspecified atom stereocenters. The van der Waals surface area contributed by atoms with Crippen LogP contribution >= 0.6 is 68.0 Å². The fraction of sp³-hybridized carbons (Fsp3) is 0.483. The smallest absolute Gasteiger partial charge is 0.0359 e. The highest BCUT2D eigenvalue weighted by Gasteiger charge is 2.33. The van der Waals surface area contributed by atoms with E-state index in [2.05, 4.69) is 190 Å². The van der Waals surface area contributed by atoms with E-state index in [1.165, 1.54) is 111 Å². The Kier molecular flexibility index (Phi) is 24.5. The summed E-state index contributed by atoms with van der Waals surface area (Å²) in [7, 11) is 0.